The summed E-state index contributed by atoms with van der Waals surface area (Å²) in [5.41, 5.74) is 12.2. The second kappa shape index (κ2) is 8.81. The highest BCUT2D eigenvalue weighted by molar-refractivity contribution is 5.86. The lowest BCUT2D eigenvalue weighted by molar-refractivity contribution is 0.418. The van der Waals surface area contributed by atoms with Gasteiger partial charge in [-0.15, -0.1) is 0 Å². The van der Waals surface area contributed by atoms with Crippen LogP contribution in [0.2, 0.25) is 0 Å². The maximum atomic E-state index is 6.32. The van der Waals surface area contributed by atoms with Crippen LogP contribution in [0.25, 0.3) is 22.3 Å². The predicted molar refractivity (Wildman–Crippen MR) is 168 cm³/mol. The van der Waals surface area contributed by atoms with Crippen LogP contribution in [0, 0.1) is 0 Å². The Morgan fingerprint density at radius 1 is 0.415 bits per heavy atom. The minimum atomic E-state index is -0.373. The second-order valence-electron chi connectivity index (χ2n) is 11.7. The van der Waals surface area contributed by atoms with Crippen molar-refractivity contribution in [2.24, 2.45) is 0 Å². The summed E-state index contributed by atoms with van der Waals surface area (Å²) in [7, 11) is 0. The third kappa shape index (κ3) is 3.36. The lowest BCUT2D eigenvalue weighted by Gasteiger charge is -2.35. The highest BCUT2D eigenvalue weighted by Gasteiger charge is 2.45. The van der Waals surface area contributed by atoms with E-state index in [0.29, 0.717) is 0 Å². The molecule has 0 radical (unpaired) electrons. The monoisotopic (exact) mass is 526 g/mol. The van der Waals surface area contributed by atoms with E-state index in [2.05, 4.69) is 153 Å². The molecule has 0 saturated carbocycles. The SMILES string of the molecule is CC1(C)c2ccccc2Oc2ccc(-c3ccc(C4(c5ccccc5)c5ccccc5-c5ccccc54)cc3)cc21. The summed E-state index contributed by atoms with van der Waals surface area (Å²) in [5, 5.41) is 0. The number of fused-ring (bicyclic) bond motifs is 5. The maximum Gasteiger partial charge on any atom is 0.131 e. The zero-order valence-electron chi connectivity index (χ0n) is 23.3. The molecule has 0 spiro atoms. The molecule has 0 fully saturated rings. The molecular weight excluding hydrogens is 496 g/mol. The van der Waals surface area contributed by atoms with E-state index in [1.165, 1.54) is 55.6 Å². The molecule has 6 aromatic carbocycles. The first-order chi connectivity index (χ1) is 20.1. The molecule has 1 heteroatoms. The molecule has 0 N–H and O–H groups in total. The number of hydrogen-bond donors (Lipinski definition) is 0. The van der Waals surface area contributed by atoms with Gasteiger partial charge in [-0.25, -0.2) is 0 Å². The first-order valence-corrected chi connectivity index (χ1v) is 14.4. The lowest BCUT2D eigenvalue weighted by Crippen LogP contribution is -2.28. The summed E-state index contributed by atoms with van der Waals surface area (Å²) in [6.07, 6.45) is 0. The molecule has 1 heterocycles. The van der Waals surface area contributed by atoms with Crippen molar-refractivity contribution >= 4 is 0 Å². The molecule has 6 aromatic rings. The van der Waals surface area contributed by atoms with Crippen molar-refractivity contribution in [3.63, 3.8) is 0 Å². The topological polar surface area (TPSA) is 9.23 Å². The van der Waals surface area contributed by atoms with Crippen LogP contribution in [0.1, 0.15) is 47.2 Å². The molecule has 196 valence electrons. The Labute approximate surface area is 241 Å². The highest BCUT2D eigenvalue weighted by atomic mass is 16.5. The lowest BCUT2D eigenvalue weighted by atomic mass is 9.67. The Bertz CT molecular complexity index is 1880. The summed E-state index contributed by atoms with van der Waals surface area (Å²) in [4.78, 5) is 0. The minimum Gasteiger partial charge on any atom is -0.457 e. The molecule has 1 nitrogen and oxygen atoms in total. The van der Waals surface area contributed by atoms with Crippen LogP contribution >= 0.6 is 0 Å². The van der Waals surface area contributed by atoms with Crippen molar-refractivity contribution in [2.45, 2.75) is 24.7 Å². The van der Waals surface area contributed by atoms with E-state index in [0.717, 1.165) is 11.5 Å². The van der Waals surface area contributed by atoms with E-state index in [-0.39, 0.29) is 10.8 Å². The third-order valence-electron chi connectivity index (χ3n) is 9.24. The molecule has 0 bridgehead atoms. The van der Waals surface area contributed by atoms with E-state index in [4.69, 9.17) is 4.74 Å². The second-order valence-corrected chi connectivity index (χ2v) is 11.7. The number of benzene rings is 6. The first-order valence-electron chi connectivity index (χ1n) is 14.4. The molecule has 1 aliphatic carbocycles. The molecule has 0 atom stereocenters. The Kier molecular flexibility index (Phi) is 5.15. The Morgan fingerprint density at radius 3 is 1.61 bits per heavy atom. The number of rotatable bonds is 3. The van der Waals surface area contributed by atoms with Crippen molar-refractivity contribution in [3.05, 3.63) is 179 Å². The molecular formula is C40H30O. The van der Waals surface area contributed by atoms with Gasteiger partial charge in [0.15, 0.2) is 0 Å². The van der Waals surface area contributed by atoms with Crippen molar-refractivity contribution in [3.8, 4) is 33.8 Å². The summed E-state index contributed by atoms with van der Waals surface area (Å²) >= 11 is 0. The van der Waals surface area contributed by atoms with Crippen LogP contribution in [-0.4, -0.2) is 0 Å². The van der Waals surface area contributed by atoms with Gasteiger partial charge in [0.2, 0.25) is 0 Å². The summed E-state index contributed by atoms with van der Waals surface area (Å²) in [6, 6.07) is 53.0. The van der Waals surface area contributed by atoms with E-state index in [9.17, 15) is 0 Å². The van der Waals surface area contributed by atoms with Gasteiger partial charge < -0.3 is 4.74 Å². The van der Waals surface area contributed by atoms with Gasteiger partial charge in [0.05, 0.1) is 5.41 Å². The normalized spacial score (nSPS) is 15.2. The molecule has 41 heavy (non-hydrogen) atoms. The number of para-hydroxylation sites is 1. The van der Waals surface area contributed by atoms with Crippen LogP contribution in [0.4, 0.5) is 0 Å². The van der Waals surface area contributed by atoms with Gasteiger partial charge >= 0.3 is 0 Å². The van der Waals surface area contributed by atoms with E-state index in [1.807, 2.05) is 6.07 Å². The molecule has 0 aromatic heterocycles. The number of ether oxygens (including phenoxy) is 1. The van der Waals surface area contributed by atoms with Crippen LogP contribution in [0.3, 0.4) is 0 Å². The van der Waals surface area contributed by atoms with Crippen molar-refractivity contribution in [1.29, 1.82) is 0 Å². The molecule has 2 aliphatic rings. The van der Waals surface area contributed by atoms with E-state index in [1.54, 1.807) is 0 Å². The zero-order valence-corrected chi connectivity index (χ0v) is 23.3. The summed E-state index contributed by atoms with van der Waals surface area (Å²) in [5.74, 6) is 1.89. The average Bonchev–Trinajstić information content (AvgIpc) is 3.33. The van der Waals surface area contributed by atoms with Gasteiger partial charge in [-0.3, -0.25) is 0 Å². The molecule has 0 saturated heterocycles. The van der Waals surface area contributed by atoms with Gasteiger partial charge in [0.1, 0.15) is 11.5 Å². The first kappa shape index (κ1) is 24.0. The smallest absolute Gasteiger partial charge is 0.131 e. The third-order valence-corrected chi connectivity index (χ3v) is 9.24. The fraction of sp³-hybridized carbons (Fsp3) is 0.100. The minimum absolute atomic E-state index is 0.144. The van der Waals surface area contributed by atoms with Crippen LogP contribution < -0.4 is 4.74 Å². The Morgan fingerprint density at radius 2 is 0.927 bits per heavy atom. The predicted octanol–water partition coefficient (Wildman–Crippen LogP) is 10.1. The van der Waals surface area contributed by atoms with Gasteiger partial charge in [0, 0.05) is 16.5 Å². The van der Waals surface area contributed by atoms with Gasteiger partial charge in [-0.2, -0.15) is 0 Å². The molecule has 8 rings (SSSR count). The Balaban J connectivity index is 1.28. The zero-order chi connectivity index (χ0) is 27.6. The largest absolute Gasteiger partial charge is 0.457 e. The molecule has 1 aliphatic heterocycles. The van der Waals surface area contributed by atoms with E-state index >= 15 is 0 Å². The van der Waals surface area contributed by atoms with Crippen LogP contribution in [-0.2, 0) is 10.8 Å². The average molecular weight is 527 g/mol. The van der Waals surface area contributed by atoms with Crippen molar-refractivity contribution in [2.75, 3.05) is 0 Å². The van der Waals surface area contributed by atoms with Crippen molar-refractivity contribution in [1.82, 2.24) is 0 Å². The fourth-order valence-corrected chi connectivity index (χ4v) is 7.25. The van der Waals surface area contributed by atoms with Gasteiger partial charge in [-0.05, 0) is 62.7 Å². The number of hydrogen-bond acceptors (Lipinski definition) is 1. The standard InChI is InChI=1S/C40H30O/c1-39(2)35-18-10-11-19-37(35)41-38-25-22-28(26-36(38)39)27-20-23-30(24-21-27)40(29-12-4-3-5-13-29)33-16-8-6-14-31(33)32-15-7-9-17-34(32)40/h3-26H,1-2H3. The van der Waals surface area contributed by atoms with Crippen molar-refractivity contribution < 1.29 is 4.74 Å². The molecule has 0 amide bonds. The quantitative estimate of drug-likeness (QED) is 0.223. The maximum absolute atomic E-state index is 6.32. The fourth-order valence-electron chi connectivity index (χ4n) is 7.25. The van der Waals surface area contributed by atoms with Crippen LogP contribution in [0.15, 0.2) is 146 Å². The molecule has 0 unspecified atom stereocenters. The summed E-state index contributed by atoms with van der Waals surface area (Å²) in [6.45, 7) is 4.58. The van der Waals surface area contributed by atoms with Gasteiger partial charge in [-0.1, -0.05) is 141 Å². The Hall–Kier alpha value is -4.88. The van der Waals surface area contributed by atoms with Crippen LogP contribution in [0.5, 0.6) is 11.5 Å². The summed E-state index contributed by atoms with van der Waals surface area (Å²) < 4.78 is 6.32. The van der Waals surface area contributed by atoms with Gasteiger partial charge in [0.25, 0.3) is 0 Å². The highest BCUT2D eigenvalue weighted by Crippen LogP contribution is 2.56. The van der Waals surface area contributed by atoms with E-state index < -0.39 is 0 Å².